The molecule has 0 bridgehead atoms. The summed E-state index contributed by atoms with van der Waals surface area (Å²) in [6.45, 7) is 0. The summed E-state index contributed by atoms with van der Waals surface area (Å²) in [4.78, 5) is 12.4. The first-order valence-corrected chi connectivity index (χ1v) is 7.61. The number of carbonyl (C=O) groups excluding carboxylic acids is 1. The van der Waals surface area contributed by atoms with E-state index in [1.807, 2.05) is 0 Å². The maximum absolute atomic E-state index is 12.4. The quantitative estimate of drug-likeness (QED) is 0.768. The van der Waals surface area contributed by atoms with Crippen molar-refractivity contribution in [2.45, 2.75) is 6.36 Å². The number of alkyl halides is 3. The van der Waals surface area contributed by atoms with Crippen molar-refractivity contribution >= 4 is 27.5 Å². The van der Waals surface area contributed by atoms with Gasteiger partial charge in [-0.25, -0.2) is 0 Å². The van der Waals surface area contributed by atoms with E-state index in [0.29, 0.717) is 21.7 Å². The summed E-state index contributed by atoms with van der Waals surface area (Å²) < 4.78 is 51.0. The topological polar surface area (TPSA) is 56.8 Å². The maximum atomic E-state index is 12.4. The van der Waals surface area contributed by atoms with Gasteiger partial charge in [-0.3, -0.25) is 4.79 Å². The molecule has 0 atom stereocenters. The van der Waals surface area contributed by atoms with Crippen molar-refractivity contribution < 1.29 is 32.2 Å². The molecular formula is C16H13BrF3NO4. The molecule has 0 aliphatic rings. The number of hydrogen-bond donors (Lipinski definition) is 1. The summed E-state index contributed by atoms with van der Waals surface area (Å²) >= 11 is 3.28. The molecule has 0 saturated heterocycles. The minimum atomic E-state index is -4.77. The van der Waals surface area contributed by atoms with E-state index in [9.17, 15) is 18.0 Å². The Balaban J connectivity index is 2.21. The van der Waals surface area contributed by atoms with Crippen molar-refractivity contribution in [3.05, 3.63) is 46.4 Å². The van der Waals surface area contributed by atoms with Crippen LogP contribution < -0.4 is 19.5 Å². The van der Waals surface area contributed by atoms with Gasteiger partial charge < -0.3 is 19.5 Å². The molecule has 9 heteroatoms. The molecule has 0 heterocycles. The minimum Gasteiger partial charge on any atom is -0.497 e. The van der Waals surface area contributed by atoms with Crippen molar-refractivity contribution in [2.24, 2.45) is 0 Å². The molecule has 0 aromatic heterocycles. The number of benzene rings is 2. The second-order valence-corrected chi connectivity index (χ2v) is 5.57. The monoisotopic (exact) mass is 419 g/mol. The Bertz CT molecular complexity index is 763. The number of halogens is 4. The molecule has 2 rings (SSSR count). The fourth-order valence-corrected chi connectivity index (χ4v) is 2.60. The molecule has 1 amide bonds. The van der Waals surface area contributed by atoms with Gasteiger partial charge >= 0.3 is 6.36 Å². The fourth-order valence-electron chi connectivity index (χ4n) is 2.00. The molecule has 1 N–H and O–H groups in total. The van der Waals surface area contributed by atoms with Crippen molar-refractivity contribution in [3.8, 4) is 17.2 Å². The van der Waals surface area contributed by atoms with Crippen LogP contribution in [-0.4, -0.2) is 26.5 Å². The average Bonchev–Trinajstić information content (AvgIpc) is 2.54. The van der Waals surface area contributed by atoms with Crippen molar-refractivity contribution in [3.63, 3.8) is 0 Å². The number of carbonyl (C=O) groups is 1. The Labute approximate surface area is 149 Å². The van der Waals surface area contributed by atoms with E-state index in [0.717, 1.165) is 12.1 Å². The zero-order chi connectivity index (χ0) is 18.6. The molecule has 0 saturated carbocycles. The molecule has 134 valence electrons. The third kappa shape index (κ3) is 5.02. The maximum Gasteiger partial charge on any atom is 0.573 e. The first-order chi connectivity index (χ1) is 11.7. The molecule has 0 aliphatic carbocycles. The van der Waals surface area contributed by atoms with Gasteiger partial charge in [0.2, 0.25) is 0 Å². The SMILES string of the molecule is COc1cc(Br)c(OC)c(C(=O)Nc2ccc(OC(F)(F)F)cc2)c1. The van der Waals surface area contributed by atoms with Crippen molar-refractivity contribution in [2.75, 3.05) is 19.5 Å². The number of anilines is 1. The number of methoxy groups -OCH3 is 2. The third-order valence-corrected chi connectivity index (χ3v) is 3.64. The molecule has 0 radical (unpaired) electrons. The average molecular weight is 420 g/mol. The zero-order valence-electron chi connectivity index (χ0n) is 13.1. The molecule has 2 aromatic rings. The molecule has 0 unspecified atom stereocenters. The van der Waals surface area contributed by atoms with Crippen LogP contribution in [0.3, 0.4) is 0 Å². The molecule has 0 fully saturated rings. The Morgan fingerprint density at radius 2 is 1.68 bits per heavy atom. The molecule has 0 spiro atoms. The molecule has 5 nitrogen and oxygen atoms in total. The smallest absolute Gasteiger partial charge is 0.497 e. The van der Waals surface area contributed by atoms with Crippen LogP contribution in [0.1, 0.15) is 10.4 Å². The number of ether oxygens (including phenoxy) is 3. The van der Waals surface area contributed by atoms with Gasteiger partial charge in [-0.2, -0.15) is 0 Å². The first-order valence-electron chi connectivity index (χ1n) is 6.82. The highest BCUT2D eigenvalue weighted by Crippen LogP contribution is 2.34. The van der Waals surface area contributed by atoms with E-state index in [1.165, 1.54) is 32.4 Å². The lowest BCUT2D eigenvalue weighted by Gasteiger charge is -2.13. The van der Waals surface area contributed by atoms with E-state index in [4.69, 9.17) is 9.47 Å². The summed E-state index contributed by atoms with van der Waals surface area (Å²) in [5, 5.41) is 2.57. The van der Waals surface area contributed by atoms with Crippen molar-refractivity contribution in [1.29, 1.82) is 0 Å². The summed E-state index contributed by atoms with van der Waals surface area (Å²) in [7, 11) is 2.86. The van der Waals surface area contributed by atoms with Crippen molar-refractivity contribution in [1.82, 2.24) is 0 Å². The van der Waals surface area contributed by atoms with Gasteiger partial charge in [0.15, 0.2) is 0 Å². The van der Waals surface area contributed by atoms with Crippen LogP contribution in [0, 0.1) is 0 Å². The molecular weight excluding hydrogens is 407 g/mol. The number of nitrogens with one attached hydrogen (secondary N) is 1. The Morgan fingerprint density at radius 3 is 2.20 bits per heavy atom. The Kier molecular flexibility index (Phi) is 5.78. The summed E-state index contributed by atoms with van der Waals surface area (Å²) in [5.41, 5.74) is 0.491. The normalized spacial score (nSPS) is 11.0. The molecule has 25 heavy (non-hydrogen) atoms. The number of amides is 1. The van der Waals surface area contributed by atoms with Crippen LogP contribution in [0.25, 0.3) is 0 Å². The van der Waals surface area contributed by atoms with Crippen LogP contribution in [0.4, 0.5) is 18.9 Å². The predicted octanol–water partition coefficient (Wildman–Crippen LogP) is 4.62. The Morgan fingerprint density at radius 1 is 1.04 bits per heavy atom. The van der Waals surface area contributed by atoms with Gasteiger partial charge in [0, 0.05) is 5.69 Å². The van der Waals surface area contributed by atoms with Gasteiger partial charge in [0.1, 0.15) is 17.2 Å². The molecule has 0 aliphatic heterocycles. The lowest BCUT2D eigenvalue weighted by Crippen LogP contribution is -2.17. The van der Waals surface area contributed by atoms with Crippen LogP contribution in [0.15, 0.2) is 40.9 Å². The van der Waals surface area contributed by atoms with Gasteiger partial charge in [-0.1, -0.05) is 0 Å². The minimum absolute atomic E-state index is 0.198. The van der Waals surface area contributed by atoms with Crippen LogP contribution in [0.2, 0.25) is 0 Å². The first kappa shape index (κ1) is 18.9. The van der Waals surface area contributed by atoms with Gasteiger partial charge in [0.05, 0.1) is 24.3 Å². The van der Waals surface area contributed by atoms with Gasteiger partial charge in [-0.05, 0) is 52.3 Å². The Hall–Kier alpha value is -2.42. The zero-order valence-corrected chi connectivity index (χ0v) is 14.7. The highest BCUT2D eigenvalue weighted by molar-refractivity contribution is 9.10. The third-order valence-electron chi connectivity index (χ3n) is 3.05. The summed E-state index contributed by atoms with van der Waals surface area (Å²) in [5.74, 6) is -0.157. The van der Waals surface area contributed by atoms with Crippen LogP contribution in [0.5, 0.6) is 17.2 Å². The lowest BCUT2D eigenvalue weighted by molar-refractivity contribution is -0.274. The van der Waals surface area contributed by atoms with E-state index in [1.54, 1.807) is 6.07 Å². The van der Waals surface area contributed by atoms with E-state index >= 15 is 0 Å². The second kappa shape index (κ2) is 7.64. The second-order valence-electron chi connectivity index (χ2n) is 4.72. The van der Waals surface area contributed by atoms with E-state index in [-0.39, 0.29) is 11.3 Å². The summed E-state index contributed by atoms with van der Waals surface area (Å²) in [6, 6.07) is 7.91. The highest BCUT2D eigenvalue weighted by Gasteiger charge is 2.31. The summed E-state index contributed by atoms with van der Waals surface area (Å²) in [6.07, 6.45) is -4.77. The largest absolute Gasteiger partial charge is 0.573 e. The van der Waals surface area contributed by atoms with E-state index in [2.05, 4.69) is 26.0 Å². The predicted molar refractivity (Wildman–Crippen MR) is 88.3 cm³/mol. The van der Waals surface area contributed by atoms with Crippen LogP contribution in [-0.2, 0) is 0 Å². The van der Waals surface area contributed by atoms with E-state index < -0.39 is 12.3 Å². The van der Waals surface area contributed by atoms with Crippen LogP contribution >= 0.6 is 15.9 Å². The molecule has 2 aromatic carbocycles. The standard InChI is InChI=1S/C16H13BrF3NO4/c1-23-11-7-12(14(24-2)13(17)8-11)15(22)21-9-3-5-10(6-4-9)25-16(18,19)20/h3-8H,1-2H3,(H,21,22). The lowest BCUT2D eigenvalue weighted by atomic mass is 10.1. The fraction of sp³-hybridized carbons (Fsp3) is 0.188. The number of rotatable bonds is 5. The van der Waals surface area contributed by atoms with Gasteiger partial charge in [0.25, 0.3) is 5.91 Å². The van der Waals surface area contributed by atoms with Gasteiger partial charge in [-0.15, -0.1) is 13.2 Å². The highest BCUT2D eigenvalue weighted by atomic mass is 79.9. The number of hydrogen-bond acceptors (Lipinski definition) is 4.